The monoisotopic (exact) mass is 221 g/mol. The summed E-state index contributed by atoms with van der Waals surface area (Å²) in [5.74, 6) is -0.172. The molecule has 1 atom stereocenters. The number of hydrogen-bond donors (Lipinski definition) is 1. The highest BCUT2D eigenvalue weighted by molar-refractivity contribution is 5.17. The van der Waals surface area contributed by atoms with E-state index in [2.05, 4.69) is 32.2 Å². The van der Waals surface area contributed by atoms with Crippen LogP contribution in [-0.4, -0.2) is 12.6 Å². The summed E-state index contributed by atoms with van der Waals surface area (Å²) >= 11 is 0. The number of hydrogen-bond acceptors (Lipinski definition) is 1. The number of rotatable bonds is 5. The van der Waals surface area contributed by atoms with Crippen molar-refractivity contribution in [1.29, 1.82) is 0 Å². The molecule has 1 N–H and O–H groups in total. The second kappa shape index (κ2) is 6.44. The van der Waals surface area contributed by atoms with Crippen molar-refractivity contribution in [3.8, 4) is 0 Å². The van der Waals surface area contributed by atoms with Gasteiger partial charge in [0.05, 0.1) is 0 Å². The molecule has 0 radical (unpaired) electrons. The van der Waals surface area contributed by atoms with E-state index in [9.17, 15) is 4.39 Å². The van der Waals surface area contributed by atoms with Crippen LogP contribution >= 0.6 is 0 Å². The molecule has 0 amide bonds. The third-order valence-electron chi connectivity index (χ3n) is 2.43. The van der Waals surface area contributed by atoms with Gasteiger partial charge in [-0.25, -0.2) is 4.39 Å². The Kier molecular flexibility index (Phi) is 5.20. The normalized spacial score (nSPS) is 12.2. The van der Waals surface area contributed by atoms with E-state index in [1.165, 1.54) is 23.3 Å². The smallest absolute Gasteiger partial charge is 0.123 e. The van der Waals surface area contributed by atoms with Gasteiger partial charge in [-0.05, 0) is 44.9 Å². The lowest BCUT2D eigenvalue weighted by atomic mass is 10.1. The van der Waals surface area contributed by atoms with E-state index in [1.807, 2.05) is 12.1 Å². The summed E-state index contributed by atoms with van der Waals surface area (Å²) in [6, 6.07) is 7.11. The van der Waals surface area contributed by atoms with Gasteiger partial charge in [-0.2, -0.15) is 0 Å². The predicted octanol–water partition coefficient (Wildman–Crippen LogP) is 3.31. The van der Waals surface area contributed by atoms with E-state index >= 15 is 0 Å². The minimum absolute atomic E-state index is 0.172. The van der Waals surface area contributed by atoms with Crippen LogP contribution in [0.5, 0.6) is 0 Å². The van der Waals surface area contributed by atoms with Crippen molar-refractivity contribution >= 4 is 0 Å². The molecule has 1 rings (SSSR count). The van der Waals surface area contributed by atoms with Gasteiger partial charge in [0.1, 0.15) is 5.82 Å². The Morgan fingerprint density at radius 2 is 1.94 bits per heavy atom. The maximum atomic E-state index is 12.7. The minimum atomic E-state index is -0.172. The molecule has 1 nitrogen and oxygen atoms in total. The van der Waals surface area contributed by atoms with Gasteiger partial charge in [-0.3, -0.25) is 0 Å². The van der Waals surface area contributed by atoms with Crippen molar-refractivity contribution in [3.05, 3.63) is 47.3 Å². The molecule has 1 aromatic rings. The van der Waals surface area contributed by atoms with Gasteiger partial charge in [-0.1, -0.05) is 23.8 Å². The molecule has 2 heteroatoms. The van der Waals surface area contributed by atoms with Crippen LogP contribution in [0.2, 0.25) is 0 Å². The lowest BCUT2D eigenvalue weighted by Crippen LogP contribution is -2.28. The van der Waals surface area contributed by atoms with E-state index in [-0.39, 0.29) is 5.82 Å². The minimum Gasteiger partial charge on any atom is -0.310 e. The van der Waals surface area contributed by atoms with E-state index < -0.39 is 0 Å². The maximum Gasteiger partial charge on any atom is 0.123 e. The standard InChI is InChI=1S/C14H20FN/c1-11(2)8-9-16-12(3)10-13-4-6-14(15)7-5-13/h4-8,12,16H,9-10H2,1-3H3. The first-order valence-corrected chi connectivity index (χ1v) is 5.69. The molecule has 0 saturated carbocycles. The SMILES string of the molecule is CC(C)=CCNC(C)Cc1ccc(F)cc1. The molecule has 0 spiro atoms. The highest BCUT2D eigenvalue weighted by atomic mass is 19.1. The first-order chi connectivity index (χ1) is 7.58. The molecule has 0 heterocycles. The molecule has 0 aromatic heterocycles. The van der Waals surface area contributed by atoms with Crippen LogP contribution in [0, 0.1) is 5.82 Å². The van der Waals surface area contributed by atoms with Crippen molar-refractivity contribution in [3.63, 3.8) is 0 Å². The third kappa shape index (κ3) is 5.08. The first kappa shape index (κ1) is 12.9. The maximum absolute atomic E-state index is 12.7. The quantitative estimate of drug-likeness (QED) is 0.752. The molecule has 0 aliphatic heterocycles. The number of nitrogens with one attached hydrogen (secondary N) is 1. The Labute approximate surface area is 97.4 Å². The largest absolute Gasteiger partial charge is 0.310 e. The fourth-order valence-corrected chi connectivity index (χ4v) is 1.51. The molecule has 0 aliphatic carbocycles. The van der Waals surface area contributed by atoms with E-state index in [1.54, 1.807) is 0 Å². The van der Waals surface area contributed by atoms with Crippen LogP contribution in [0.1, 0.15) is 26.3 Å². The van der Waals surface area contributed by atoms with E-state index in [4.69, 9.17) is 0 Å². The summed E-state index contributed by atoms with van der Waals surface area (Å²) in [6.45, 7) is 7.21. The fraction of sp³-hybridized carbons (Fsp3) is 0.429. The summed E-state index contributed by atoms with van der Waals surface area (Å²) in [5, 5.41) is 3.41. The summed E-state index contributed by atoms with van der Waals surface area (Å²) in [5.41, 5.74) is 2.49. The average Bonchev–Trinajstić information content (AvgIpc) is 2.21. The zero-order valence-electron chi connectivity index (χ0n) is 10.3. The lowest BCUT2D eigenvalue weighted by molar-refractivity contribution is 0.577. The molecule has 1 aromatic carbocycles. The fourth-order valence-electron chi connectivity index (χ4n) is 1.51. The highest BCUT2D eigenvalue weighted by Gasteiger charge is 2.01. The Balaban J connectivity index is 2.36. The Morgan fingerprint density at radius 1 is 1.31 bits per heavy atom. The van der Waals surface area contributed by atoms with Crippen LogP contribution in [0.3, 0.4) is 0 Å². The van der Waals surface area contributed by atoms with Crippen molar-refractivity contribution < 1.29 is 4.39 Å². The van der Waals surface area contributed by atoms with Crippen molar-refractivity contribution in [2.45, 2.75) is 33.2 Å². The second-order valence-corrected chi connectivity index (χ2v) is 4.42. The molecular weight excluding hydrogens is 201 g/mol. The summed E-state index contributed by atoms with van der Waals surface area (Å²) < 4.78 is 12.7. The topological polar surface area (TPSA) is 12.0 Å². The van der Waals surface area contributed by atoms with Gasteiger partial charge in [0, 0.05) is 12.6 Å². The molecule has 0 aliphatic rings. The third-order valence-corrected chi connectivity index (χ3v) is 2.43. The number of halogens is 1. The Morgan fingerprint density at radius 3 is 2.50 bits per heavy atom. The molecule has 0 bridgehead atoms. The van der Waals surface area contributed by atoms with E-state index in [0.717, 1.165) is 13.0 Å². The molecule has 16 heavy (non-hydrogen) atoms. The van der Waals surface area contributed by atoms with Gasteiger partial charge in [0.2, 0.25) is 0 Å². The van der Waals surface area contributed by atoms with Crippen molar-refractivity contribution in [2.24, 2.45) is 0 Å². The lowest BCUT2D eigenvalue weighted by Gasteiger charge is -2.12. The zero-order valence-corrected chi connectivity index (χ0v) is 10.3. The zero-order chi connectivity index (χ0) is 12.0. The average molecular weight is 221 g/mol. The van der Waals surface area contributed by atoms with Gasteiger partial charge in [0.25, 0.3) is 0 Å². The molecule has 0 fully saturated rings. The van der Waals surface area contributed by atoms with Gasteiger partial charge in [0.15, 0.2) is 0 Å². The first-order valence-electron chi connectivity index (χ1n) is 5.69. The molecule has 88 valence electrons. The Hall–Kier alpha value is -1.15. The van der Waals surface area contributed by atoms with Gasteiger partial charge >= 0.3 is 0 Å². The second-order valence-electron chi connectivity index (χ2n) is 4.42. The molecule has 1 unspecified atom stereocenters. The van der Waals surface area contributed by atoms with Crippen LogP contribution in [0.4, 0.5) is 4.39 Å². The number of benzene rings is 1. The summed E-state index contributed by atoms with van der Waals surface area (Å²) in [6.07, 6.45) is 3.10. The van der Waals surface area contributed by atoms with Crippen molar-refractivity contribution in [2.75, 3.05) is 6.54 Å². The highest BCUT2D eigenvalue weighted by Crippen LogP contribution is 2.05. The summed E-state index contributed by atoms with van der Waals surface area (Å²) in [4.78, 5) is 0. The Bertz CT molecular complexity index is 336. The van der Waals surface area contributed by atoms with E-state index in [0.29, 0.717) is 6.04 Å². The van der Waals surface area contributed by atoms with Crippen LogP contribution in [0.25, 0.3) is 0 Å². The predicted molar refractivity (Wildman–Crippen MR) is 67.0 cm³/mol. The summed E-state index contributed by atoms with van der Waals surface area (Å²) in [7, 11) is 0. The number of allylic oxidation sites excluding steroid dienone is 1. The van der Waals surface area contributed by atoms with Gasteiger partial charge < -0.3 is 5.32 Å². The molecular formula is C14H20FN. The van der Waals surface area contributed by atoms with Crippen LogP contribution in [0.15, 0.2) is 35.9 Å². The molecule has 0 saturated heterocycles. The van der Waals surface area contributed by atoms with Crippen LogP contribution < -0.4 is 5.32 Å². The van der Waals surface area contributed by atoms with Gasteiger partial charge in [-0.15, -0.1) is 0 Å². The van der Waals surface area contributed by atoms with Crippen molar-refractivity contribution in [1.82, 2.24) is 5.32 Å². The van der Waals surface area contributed by atoms with Crippen LogP contribution in [-0.2, 0) is 6.42 Å².